The topological polar surface area (TPSA) is 46.2 Å². The molecule has 0 spiro atoms. The van der Waals surface area contributed by atoms with Gasteiger partial charge in [-0.05, 0) is 31.2 Å². The molecule has 0 saturated heterocycles. The summed E-state index contributed by atoms with van der Waals surface area (Å²) in [6.45, 7) is 7.86. The Morgan fingerprint density at radius 1 is 1.44 bits per heavy atom. The zero-order valence-corrected chi connectivity index (χ0v) is 11.7. The first-order valence-corrected chi connectivity index (χ1v) is 8.09. The lowest BCUT2D eigenvalue weighted by Gasteiger charge is -2.32. The van der Waals surface area contributed by atoms with Gasteiger partial charge in [0.25, 0.3) is 0 Å². The van der Waals surface area contributed by atoms with Crippen molar-refractivity contribution < 1.29 is 8.42 Å². The van der Waals surface area contributed by atoms with Crippen LogP contribution in [0.5, 0.6) is 0 Å². The van der Waals surface area contributed by atoms with Crippen LogP contribution in [0, 0.1) is 11.8 Å². The summed E-state index contributed by atoms with van der Waals surface area (Å²) in [4.78, 5) is 0. The molecule has 0 aromatic carbocycles. The maximum absolute atomic E-state index is 12.0. The summed E-state index contributed by atoms with van der Waals surface area (Å²) in [6.07, 6.45) is 4.29. The quantitative estimate of drug-likeness (QED) is 0.806. The van der Waals surface area contributed by atoms with E-state index < -0.39 is 14.6 Å². The van der Waals surface area contributed by atoms with Crippen molar-refractivity contribution in [3.63, 3.8) is 0 Å². The van der Waals surface area contributed by atoms with Crippen molar-refractivity contribution in [3.05, 3.63) is 0 Å². The first-order valence-electron chi connectivity index (χ1n) is 6.20. The third kappa shape index (κ3) is 2.77. The molecule has 0 heterocycles. The first kappa shape index (κ1) is 14.0. The third-order valence-electron chi connectivity index (χ3n) is 3.85. The lowest BCUT2D eigenvalue weighted by molar-refractivity contribution is 0.394. The molecule has 1 saturated carbocycles. The molecule has 1 aliphatic carbocycles. The Kier molecular flexibility index (Phi) is 4.41. The Labute approximate surface area is 99.9 Å². The van der Waals surface area contributed by atoms with E-state index in [2.05, 4.69) is 26.1 Å². The van der Waals surface area contributed by atoms with Crippen LogP contribution in [0.1, 0.15) is 40.0 Å². The fourth-order valence-corrected chi connectivity index (χ4v) is 4.46. The number of nitrogens with one attached hydrogen (secondary N) is 1. The van der Waals surface area contributed by atoms with E-state index in [1.54, 1.807) is 0 Å². The number of hydrogen-bond donors (Lipinski definition) is 1. The van der Waals surface area contributed by atoms with Gasteiger partial charge in [0.15, 0.2) is 9.84 Å². The first-order chi connectivity index (χ1) is 7.29. The SMILES string of the molecule is CC(C)CNCC1(S(C)(=O)=O)CCCC1C. The second kappa shape index (κ2) is 5.05. The highest BCUT2D eigenvalue weighted by Gasteiger charge is 2.48. The van der Waals surface area contributed by atoms with Crippen LogP contribution in [-0.2, 0) is 9.84 Å². The maximum atomic E-state index is 12.0. The standard InChI is InChI=1S/C12H25NO2S/c1-10(2)8-13-9-12(16(4,14)15)7-5-6-11(12)3/h10-11,13H,5-9H2,1-4H3. The summed E-state index contributed by atoms with van der Waals surface area (Å²) >= 11 is 0. The molecule has 0 bridgehead atoms. The van der Waals surface area contributed by atoms with Crippen LogP contribution in [0.25, 0.3) is 0 Å². The predicted octanol–water partition coefficient (Wildman–Crippen LogP) is 1.84. The summed E-state index contributed by atoms with van der Waals surface area (Å²) in [6, 6.07) is 0. The molecule has 96 valence electrons. The van der Waals surface area contributed by atoms with Crippen molar-refractivity contribution in [1.29, 1.82) is 0 Å². The molecule has 2 unspecified atom stereocenters. The highest BCUT2D eigenvalue weighted by Crippen LogP contribution is 2.40. The van der Waals surface area contributed by atoms with Gasteiger partial charge in [0.2, 0.25) is 0 Å². The smallest absolute Gasteiger partial charge is 0.154 e. The Balaban J connectivity index is 2.74. The van der Waals surface area contributed by atoms with Gasteiger partial charge < -0.3 is 5.32 Å². The van der Waals surface area contributed by atoms with Crippen LogP contribution in [-0.4, -0.2) is 32.5 Å². The molecule has 3 nitrogen and oxygen atoms in total. The molecule has 1 N–H and O–H groups in total. The van der Waals surface area contributed by atoms with Crippen molar-refractivity contribution in [3.8, 4) is 0 Å². The van der Waals surface area contributed by atoms with Crippen LogP contribution >= 0.6 is 0 Å². The molecule has 0 aliphatic heterocycles. The molecule has 0 radical (unpaired) electrons. The van der Waals surface area contributed by atoms with E-state index in [1.807, 2.05) is 0 Å². The number of sulfone groups is 1. The van der Waals surface area contributed by atoms with Crippen LogP contribution in [0.4, 0.5) is 0 Å². The zero-order chi connectivity index (χ0) is 12.4. The van der Waals surface area contributed by atoms with Crippen molar-refractivity contribution >= 4 is 9.84 Å². The summed E-state index contributed by atoms with van der Waals surface area (Å²) < 4.78 is 23.5. The van der Waals surface area contributed by atoms with Gasteiger partial charge in [-0.3, -0.25) is 0 Å². The lowest BCUT2D eigenvalue weighted by Crippen LogP contribution is -2.49. The highest BCUT2D eigenvalue weighted by molar-refractivity contribution is 7.92. The highest BCUT2D eigenvalue weighted by atomic mass is 32.2. The minimum atomic E-state index is -2.97. The van der Waals surface area contributed by atoms with E-state index in [-0.39, 0.29) is 5.92 Å². The normalized spacial score (nSPS) is 31.2. The molecule has 1 fully saturated rings. The van der Waals surface area contributed by atoms with E-state index in [0.29, 0.717) is 12.5 Å². The second-order valence-electron chi connectivity index (χ2n) is 5.65. The van der Waals surface area contributed by atoms with Gasteiger partial charge in [0.05, 0.1) is 4.75 Å². The van der Waals surface area contributed by atoms with E-state index in [4.69, 9.17) is 0 Å². The van der Waals surface area contributed by atoms with Gasteiger partial charge in [-0.25, -0.2) is 8.42 Å². The molecule has 0 amide bonds. The second-order valence-corrected chi connectivity index (χ2v) is 8.01. The summed E-state index contributed by atoms with van der Waals surface area (Å²) in [7, 11) is -2.97. The van der Waals surface area contributed by atoms with E-state index in [1.165, 1.54) is 6.26 Å². The lowest BCUT2D eigenvalue weighted by atomic mass is 9.96. The van der Waals surface area contributed by atoms with E-state index >= 15 is 0 Å². The summed E-state index contributed by atoms with van der Waals surface area (Å²) in [5.74, 6) is 0.843. The monoisotopic (exact) mass is 247 g/mol. The Morgan fingerprint density at radius 2 is 2.06 bits per heavy atom. The molecular formula is C12H25NO2S. The Morgan fingerprint density at radius 3 is 2.44 bits per heavy atom. The predicted molar refractivity (Wildman–Crippen MR) is 68.3 cm³/mol. The van der Waals surface area contributed by atoms with Gasteiger partial charge in [-0.1, -0.05) is 27.2 Å². The van der Waals surface area contributed by atoms with Crippen molar-refractivity contribution in [2.75, 3.05) is 19.3 Å². The van der Waals surface area contributed by atoms with Gasteiger partial charge >= 0.3 is 0 Å². The largest absolute Gasteiger partial charge is 0.315 e. The van der Waals surface area contributed by atoms with Gasteiger partial charge in [-0.15, -0.1) is 0 Å². The van der Waals surface area contributed by atoms with Crippen LogP contribution in [0.15, 0.2) is 0 Å². The molecule has 16 heavy (non-hydrogen) atoms. The van der Waals surface area contributed by atoms with Gasteiger partial charge in [0, 0.05) is 12.8 Å². The number of rotatable bonds is 5. The molecule has 2 atom stereocenters. The fraction of sp³-hybridized carbons (Fsp3) is 1.00. The van der Waals surface area contributed by atoms with Crippen LogP contribution in [0.2, 0.25) is 0 Å². The molecule has 4 heteroatoms. The van der Waals surface area contributed by atoms with Gasteiger partial charge in [0.1, 0.15) is 0 Å². The third-order valence-corrected chi connectivity index (χ3v) is 6.08. The minimum Gasteiger partial charge on any atom is -0.315 e. The summed E-state index contributed by atoms with van der Waals surface area (Å²) in [5, 5.41) is 3.33. The average molecular weight is 247 g/mol. The molecule has 1 aliphatic rings. The molecular weight excluding hydrogens is 222 g/mol. The average Bonchev–Trinajstić information content (AvgIpc) is 2.47. The molecule has 0 aromatic rings. The fourth-order valence-electron chi connectivity index (χ4n) is 2.73. The zero-order valence-electron chi connectivity index (χ0n) is 10.9. The van der Waals surface area contributed by atoms with Crippen molar-refractivity contribution in [1.82, 2.24) is 5.32 Å². The van der Waals surface area contributed by atoms with E-state index in [9.17, 15) is 8.42 Å². The van der Waals surface area contributed by atoms with Crippen molar-refractivity contribution in [2.24, 2.45) is 11.8 Å². The van der Waals surface area contributed by atoms with Crippen LogP contribution in [0.3, 0.4) is 0 Å². The Bertz CT molecular complexity index is 324. The minimum absolute atomic E-state index is 0.280. The Hall–Kier alpha value is -0.0900. The van der Waals surface area contributed by atoms with Crippen molar-refractivity contribution in [2.45, 2.75) is 44.8 Å². The molecule has 0 aromatic heterocycles. The van der Waals surface area contributed by atoms with Gasteiger partial charge in [-0.2, -0.15) is 0 Å². The van der Waals surface area contributed by atoms with E-state index in [0.717, 1.165) is 25.8 Å². The molecule has 1 rings (SSSR count). The maximum Gasteiger partial charge on any atom is 0.154 e. The number of hydrogen-bond acceptors (Lipinski definition) is 3. The summed E-state index contributed by atoms with van der Waals surface area (Å²) in [5.41, 5.74) is 0. The van der Waals surface area contributed by atoms with Crippen LogP contribution < -0.4 is 5.32 Å².